The number of hydrogen-bond donors (Lipinski definition) is 0. The number of hydrogen-bond acceptors (Lipinski definition) is 4. The maximum absolute atomic E-state index is 12.7. The summed E-state index contributed by atoms with van der Waals surface area (Å²) in [7, 11) is 1.62. The molecule has 0 saturated carbocycles. The third-order valence-electron chi connectivity index (χ3n) is 5.30. The number of para-hydroxylation sites is 1. The number of carbonyl (C=O) groups is 1. The van der Waals surface area contributed by atoms with E-state index in [-0.39, 0.29) is 12.2 Å². The van der Waals surface area contributed by atoms with Crippen molar-refractivity contribution in [2.45, 2.75) is 13.3 Å². The minimum Gasteiger partial charge on any atom is -0.422 e. The van der Waals surface area contributed by atoms with Gasteiger partial charge in [-0.05, 0) is 54.4 Å². The van der Waals surface area contributed by atoms with Crippen molar-refractivity contribution in [2.75, 3.05) is 11.9 Å². The van der Waals surface area contributed by atoms with Gasteiger partial charge in [0.25, 0.3) is 0 Å². The van der Waals surface area contributed by atoms with Gasteiger partial charge in [0.05, 0.1) is 0 Å². The first-order chi connectivity index (χ1) is 15.3. The van der Waals surface area contributed by atoms with Crippen molar-refractivity contribution in [2.24, 2.45) is 0 Å². The number of carbonyl (C=O) groups excluding carboxylic acids is 1. The summed E-state index contributed by atoms with van der Waals surface area (Å²) >= 11 is 12.5. The molecule has 0 radical (unpaired) electrons. The summed E-state index contributed by atoms with van der Waals surface area (Å²) in [5.41, 5.74) is 2.43. The highest BCUT2D eigenvalue weighted by molar-refractivity contribution is 6.36. The van der Waals surface area contributed by atoms with Gasteiger partial charge in [0.1, 0.15) is 11.3 Å². The first-order valence-corrected chi connectivity index (χ1v) is 10.6. The molecule has 162 valence electrons. The highest BCUT2D eigenvalue weighted by atomic mass is 35.5. The van der Waals surface area contributed by atoms with Gasteiger partial charge in [0.15, 0.2) is 0 Å². The molecule has 0 unspecified atom stereocenters. The van der Waals surface area contributed by atoms with E-state index < -0.39 is 11.7 Å². The van der Waals surface area contributed by atoms with Crippen molar-refractivity contribution in [3.8, 4) is 5.75 Å². The number of aryl methyl sites for hydroxylation is 1. The lowest BCUT2D eigenvalue weighted by molar-refractivity contribution is 0.209. The summed E-state index contributed by atoms with van der Waals surface area (Å²) in [6, 6.07) is 19.3. The monoisotopic (exact) mass is 467 g/mol. The topological polar surface area (TPSA) is 59.8 Å². The minimum atomic E-state index is -0.556. The molecule has 0 bridgehead atoms. The van der Waals surface area contributed by atoms with Crippen LogP contribution in [0.2, 0.25) is 10.0 Å². The van der Waals surface area contributed by atoms with Crippen LogP contribution in [0.3, 0.4) is 0 Å². The molecule has 0 aliphatic rings. The highest BCUT2D eigenvalue weighted by Gasteiger charge is 2.17. The van der Waals surface area contributed by atoms with Gasteiger partial charge in [0, 0.05) is 46.2 Å². The molecule has 0 atom stereocenters. The van der Waals surface area contributed by atoms with Gasteiger partial charge in [0.2, 0.25) is 0 Å². The Morgan fingerprint density at radius 3 is 2.34 bits per heavy atom. The molecule has 0 spiro atoms. The quantitative estimate of drug-likeness (QED) is 0.315. The number of nitrogens with zero attached hydrogens (tertiary/aromatic N) is 1. The van der Waals surface area contributed by atoms with Crippen molar-refractivity contribution in [3.05, 3.63) is 104 Å². The Kier molecular flexibility index (Phi) is 6.21. The van der Waals surface area contributed by atoms with E-state index in [1.54, 1.807) is 49.5 Å². The Labute approximate surface area is 194 Å². The van der Waals surface area contributed by atoms with Crippen LogP contribution in [0.1, 0.15) is 16.7 Å². The zero-order valence-corrected chi connectivity index (χ0v) is 18.9. The predicted molar refractivity (Wildman–Crippen MR) is 127 cm³/mol. The summed E-state index contributed by atoms with van der Waals surface area (Å²) in [5.74, 6) is 0.273. The van der Waals surface area contributed by atoms with Crippen LogP contribution in [-0.4, -0.2) is 13.1 Å². The summed E-state index contributed by atoms with van der Waals surface area (Å²) in [4.78, 5) is 26.6. The number of ether oxygens (including phenoxy) is 1. The van der Waals surface area contributed by atoms with E-state index in [4.69, 9.17) is 32.4 Å². The molecule has 1 heterocycles. The second kappa shape index (κ2) is 9.07. The molecule has 7 heteroatoms. The third-order valence-corrected chi connectivity index (χ3v) is 6.00. The second-order valence-electron chi connectivity index (χ2n) is 7.29. The normalized spacial score (nSPS) is 10.9. The molecular weight excluding hydrogens is 449 g/mol. The van der Waals surface area contributed by atoms with E-state index in [0.717, 1.165) is 10.9 Å². The maximum Gasteiger partial charge on any atom is 0.419 e. The van der Waals surface area contributed by atoms with Crippen LogP contribution in [0.4, 0.5) is 10.5 Å². The number of benzene rings is 3. The van der Waals surface area contributed by atoms with Crippen LogP contribution in [0.15, 0.2) is 75.9 Å². The molecule has 4 aromatic rings. The Morgan fingerprint density at radius 2 is 1.66 bits per heavy atom. The fourth-order valence-corrected chi connectivity index (χ4v) is 3.98. The largest absolute Gasteiger partial charge is 0.422 e. The van der Waals surface area contributed by atoms with Crippen molar-refractivity contribution in [1.29, 1.82) is 0 Å². The average Bonchev–Trinajstić information content (AvgIpc) is 2.78. The predicted octanol–water partition coefficient (Wildman–Crippen LogP) is 6.63. The molecular formula is C25H19Cl2NO4. The molecule has 0 fully saturated rings. The molecule has 3 aromatic carbocycles. The lowest BCUT2D eigenvalue weighted by atomic mass is 9.99. The van der Waals surface area contributed by atoms with Crippen LogP contribution >= 0.6 is 23.2 Å². The molecule has 4 rings (SSSR count). The molecule has 0 aliphatic heterocycles. The Bertz CT molecular complexity index is 1350. The number of halogens is 2. The van der Waals surface area contributed by atoms with Crippen LogP contribution in [-0.2, 0) is 6.42 Å². The fourth-order valence-electron chi connectivity index (χ4n) is 3.45. The lowest BCUT2D eigenvalue weighted by Gasteiger charge is -2.17. The lowest BCUT2D eigenvalue weighted by Crippen LogP contribution is -2.29. The summed E-state index contributed by atoms with van der Waals surface area (Å²) < 4.78 is 11.0. The van der Waals surface area contributed by atoms with Gasteiger partial charge in [-0.2, -0.15) is 0 Å². The van der Waals surface area contributed by atoms with Crippen molar-refractivity contribution >= 4 is 46.0 Å². The third kappa shape index (κ3) is 4.35. The number of fused-ring (bicyclic) bond motifs is 1. The van der Waals surface area contributed by atoms with Gasteiger partial charge in [-0.1, -0.05) is 47.5 Å². The fraction of sp³-hybridized carbons (Fsp3) is 0.120. The molecule has 0 N–H and O–H groups in total. The van der Waals surface area contributed by atoms with Crippen molar-refractivity contribution in [3.63, 3.8) is 0 Å². The Morgan fingerprint density at radius 1 is 0.969 bits per heavy atom. The molecule has 1 amide bonds. The van der Waals surface area contributed by atoms with E-state index in [1.165, 1.54) is 11.0 Å². The maximum atomic E-state index is 12.7. The van der Waals surface area contributed by atoms with E-state index in [1.807, 2.05) is 25.1 Å². The summed E-state index contributed by atoms with van der Waals surface area (Å²) in [6.45, 7) is 1.84. The Balaban J connectivity index is 1.64. The zero-order valence-electron chi connectivity index (χ0n) is 17.4. The molecule has 5 nitrogen and oxygen atoms in total. The molecule has 0 saturated heterocycles. The standard InChI is InChI=1S/C25H19Cl2NO4/c1-15-18-12-11-17(31-25(30)28(2)16-7-4-3-5-8-16)13-23(18)32-24(29)19(15)14-20-21(26)9-6-10-22(20)27/h3-13H,14H2,1-2H3. The first-order valence-electron chi connectivity index (χ1n) is 9.85. The molecule has 0 aliphatic carbocycles. The smallest absolute Gasteiger partial charge is 0.419 e. The van der Waals surface area contributed by atoms with Crippen LogP contribution in [0.25, 0.3) is 11.0 Å². The van der Waals surface area contributed by atoms with E-state index in [9.17, 15) is 9.59 Å². The van der Waals surface area contributed by atoms with Crippen LogP contribution < -0.4 is 15.3 Å². The van der Waals surface area contributed by atoms with Crippen LogP contribution in [0, 0.1) is 6.92 Å². The minimum absolute atomic E-state index is 0.251. The van der Waals surface area contributed by atoms with E-state index >= 15 is 0 Å². The SMILES string of the molecule is Cc1c(Cc2c(Cl)cccc2Cl)c(=O)oc2cc(OC(=O)N(C)c3ccccc3)ccc12. The van der Waals surface area contributed by atoms with Crippen molar-refractivity contribution < 1.29 is 13.9 Å². The van der Waals surface area contributed by atoms with Gasteiger partial charge >= 0.3 is 11.7 Å². The number of anilines is 1. The average molecular weight is 468 g/mol. The van der Waals surface area contributed by atoms with Crippen LogP contribution in [0.5, 0.6) is 5.75 Å². The van der Waals surface area contributed by atoms with Gasteiger partial charge < -0.3 is 9.15 Å². The van der Waals surface area contributed by atoms with Crippen molar-refractivity contribution in [1.82, 2.24) is 0 Å². The second-order valence-corrected chi connectivity index (χ2v) is 8.10. The van der Waals surface area contributed by atoms with E-state index in [0.29, 0.717) is 32.4 Å². The first kappa shape index (κ1) is 21.9. The van der Waals surface area contributed by atoms with Gasteiger partial charge in [-0.25, -0.2) is 9.59 Å². The van der Waals surface area contributed by atoms with Gasteiger partial charge in [-0.3, -0.25) is 4.90 Å². The summed E-state index contributed by atoms with van der Waals surface area (Å²) in [6.07, 6.45) is -0.305. The highest BCUT2D eigenvalue weighted by Crippen LogP contribution is 2.30. The van der Waals surface area contributed by atoms with Gasteiger partial charge in [-0.15, -0.1) is 0 Å². The van der Waals surface area contributed by atoms with E-state index in [2.05, 4.69) is 0 Å². The Hall–Kier alpha value is -3.28. The zero-order chi connectivity index (χ0) is 22.8. The summed E-state index contributed by atoms with van der Waals surface area (Å²) in [5, 5.41) is 1.71. The molecule has 32 heavy (non-hydrogen) atoms. The number of amides is 1. The number of rotatable bonds is 4. The molecule has 1 aromatic heterocycles.